The topological polar surface area (TPSA) is 104 Å². The predicted molar refractivity (Wildman–Crippen MR) is 102 cm³/mol. The number of hydrogen-bond acceptors (Lipinski definition) is 7. The Balaban J connectivity index is 0.000000706. The summed E-state index contributed by atoms with van der Waals surface area (Å²) >= 11 is 0. The first-order valence-electron chi connectivity index (χ1n) is 9.63. The van der Waals surface area contributed by atoms with Crippen molar-refractivity contribution in [1.29, 1.82) is 0 Å². The number of pyridine rings is 1. The van der Waals surface area contributed by atoms with Crippen LogP contribution in [0.4, 0.5) is 5.82 Å². The van der Waals surface area contributed by atoms with Crippen LogP contribution in [0.5, 0.6) is 0 Å². The summed E-state index contributed by atoms with van der Waals surface area (Å²) in [6.07, 6.45) is 3.06. The van der Waals surface area contributed by atoms with Crippen molar-refractivity contribution in [3.63, 3.8) is 0 Å². The van der Waals surface area contributed by atoms with E-state index < -0.39 is 0 Å². The van der Waals surface area contributed by atoms with Gasteiger partial charge in [-0.15, -0.1) is 0 Å². The fraction of sp³-hybridized carbons (Fsp3) is 0.632. The van der Waals surface area contributed by atoms with Crippen molar-refractivity contribution < 1.29 is 24.2 Å². The maximum atomic E-state index is 12.4. The Labute approximate surface area is 164 Å². The second-order valence-corrected chi connectivity index (χ2v) is 7.27. The van der Waals surface area contributed by atoms with Crippen molar-refractivity contribution >= 4 is 18.2 Å². The van der Waals surface area contributed by atoms with E-state index in [-0.39, 0.29) is 12.4 Å². The molecule has 2 N–H and O–H groups in total. The fourth-order valence-electron chi connectivity index (χ4n) is 3.91. The Morgan fingerprint density at radius 1 is 1.32 bits per heavy atom. The first kappa shape index (κ1) is 20.5. The second kappa shape index (κ2) is 9.81. The molecule has 3 aliphatic heterocycles. The van der Waals surface area contributed by atoms with Gasteiger partial charge in [0.2, 0.25) is 0 Å². The molecule has 3 saturated heterocycles. The van der Waals surface area contributed by atoms with Gasteiger partial charge in [-0.3, -0.25) is 14.5 Å². The molecule has 0 spiro atoms. The van der Waals surface area contributed by atoms with E-state index in [4.69, 9.17) is 19.4 Å². The molecule has 0 radical (unpaired) electrons. The quantitative estimate of drug-likeness (QED) is 0.718. The number of rotatable bonds is 3. The molecule has 0 unspecified atom stereocenters. The zero-order valence-corrected chi connectivity index (χ0v) is 16.1. The molecule has 4 rings (SSSR count). The van der Waals surface area contributed by atoms with Gasteiger partial charge in [-0.25, -0.2) is 4.98 Å². The van der Waals surface area contributed by atoms with Crippen molar-refractivity contribution in [3.05, 3.63) is 23.9 Å². The highest BCUT2D eigenvalue weighted by Gasteiger charge is 2.36. The van der Waals surface area contributed by atoms with Crippen molar-refractivity contribution in [3.8, 4) is 0 Å². The Morgan fingerprint density at radius 3 is 2.75 bits per heavy atom. The number of nitrogens with one attached hydrogen (secondary N) is 1. The molecule has 1 aromatic heterocycles. The van der Waals surface area contributed by atoms with Crippen LogP contribution in [0.3, 0.4) is 0 Å². The predicted octanol–water partition coefficient (Wildman–Crippen LogP) is 0.528. The highest BCUT2D eigenvalue weighted by atomic mass is 16.5. The number of nitrogens with zero attached hydrogens (tertiary/aromatic N) is 3. The number of hydrogen-bond donors (Lipinski definition) is 2. The SMILES string of the molecule is C[C@H]1CN2C[C@H](Nc3ccc(C(=O)N4CCOCC4)cn3)C[C@H]2CO1.O=CO. The molecule has 9 nitrogen and oxygen atoms in total. The van der Waals surface area contributed by atoms with Crippen LogP contribution < -0.4 is 5.32 Å². The summed E-state index contributed by atoms with van der Waals surface area (Å²) in [6.45, 7) is 7.25. The number of ether oxygens (including phenoxy) is 2. The van der Waals surface area contributed by atoms with Gasteiger partial charge in [-0.2, -0.15) is 0 Å². The molecule has 1 aromatic rings. The summed E-state index contributed by atoms with van der Waals surface area (Å²) < 4.78 is 11.0. The van der Waals surface area contributed by atoms with Crippen LogP contribution >= 0.6 is 0 Å². The summed E-state index contributed by atoms with van der Waals surface area (Å²) in [4.78, 5) is 29.6. The largest absolute Gasteiger partial charge is 0.483 e. The van der Waals surface area contributed by atoms with Gasteiger partial charge in [0, 0.05) is 44.5 Å². The van der Waals surface area contributed by atoms with E-state index in [2.05, 4.69) is 22.1 Å². The molecule has 3 aliphatic rings. The summed E-state index contributed by atoms with van der Waals surface area (Å²) in [6, 6.07) is 4.66. The molecular formula is C19H28N4O5. The number of fused-ring (bicyclic) bond motifs is 1. The Morgan fingerprint density at radius 2 is 2.07 bits per heavy atom. The lowest BCUT2D eigenvalue weighted by Crippen LogP contribution is -2.45. The van der Waals surface area contributed by atoms with Gasteiger partial charge in [0.15, 0.2) is 0 Å². The smallest absolute Gasteiger partial charge is 0.290 e. The average Bonchev–Trinajstić information content (AvgIpc) is 3.10. The maximum absolute atomic E-state index is 12.4. The van der Waals surface area contributed by atoms with Gasteiger partial charge in [0.05, 0.1) is 31.5 Å². The van der Waals surface area contributed by atoms with Crippen molar-refractivity contribution in [2.45, 2.75) is 31.5 Å². The minimum Gasteiger partial charge on any atom is -0.483 e. The number of amides is 1. The van der Waals surface area contributed by atoms with Gasteiger partial charge < -0.3 is 24.8 Å². The molecule has 3 atom stereocenters. The molecule has 4 heterocycles. The normalized spacial score (nSPS) is 27.3. The van der Waals surface area contributed by atoms with Gasteiger partial charge in [0.25, 0.3) is 12.4 Å². The van der Waals surface area contributed by atoms with Crippen LogP contribution in [0.25, 0.3) is 0 Å². The third-order valence-electron chi connectivity index (χ3n) is 5.25. The number of carbonyl (C=O) groups excluding carboxylic acids is 1. The van der Waals surface area contributed by atoms with Gasteiger partial charge >= 0.3 is 0 Å². The number of aromatic nitrogens is 1. The second-order valence-electron chi connectivity index (χ2n) is 7.27. The number of carboxylic acid groups (broad SMARTS) is 1. The molecule has 154 valence electrons. The molecule has 1 amide bonds. The van der Waals surface area contributed by atoms with E-state index in [0.29, 0.717) is 50.1 Å². The Bertz CT molecular complexity index is 650. The van der Waals surface area contributed by atoms with Gasteiger partial charge in [0.1, 0.15) is 5.82 Å². The molecule has 28 heavy (non-hydrogen) atoms. The lowest BCUT2D eigenvalue weighted by molar-refractivity contribution is -0.122. The maximum Gasteiger partial charge on any atom is 0.290 e. The third-order valence-corrected chi connectivity index (χ3v) is 5.25. The minimum absolute atomic E-state index is 0.0338. The fourth-order valence-corrected chi connectivity index (χ4v) is 3.91. The highest BCUT2D eigenvalue weighted by molar-refractivity contribution is 5.94. The molecule has 0 aromatic carbocycles. The van der Waals surface area contributed by atoms with E-state index >= 15 is 0 Å². The van der Waals surface area contributed by atoms with Crippen LogP contribution in [-0.4, -0.2) is 96.5 Å². The molecule has 0 saturated carbocycles. The molecule has 0 aliphatic carbocycles. The highest BCUT2D eigenvalue weighted by Crippen LogP contribution is 2.25. The van der Waals surface area contributed by atoms with E-state index in [9.17, 15) is 4.79 Å². The van der Waals surface area contributed by atoms with Crippen molar-refractivity contribution in [2.75, 3.05) is 51.3 Å². The van der Waals surface area contributed by atoms with Gasteiger partial charge in [-0.05, 0) is 25.5 Å². The van der Waals surface area contributed by atoms with E-state index in [1.807, 2.05) is 17.0 Å². The minimum atomic E-state index is -0.250. The zero-order valence-electron chi connectivity index (χ0n) is 16.1. The lowest BCUT2D eigenvalue weighted by Gasteiger charge is -2.33. The summed E-state index contributed by atoms with van der Waals surface area (Å²) in [7, 11) is 0. The molecule has 9 heteroatoms. The number of morpholine rings is 2. The zero-order chi connectivity index (χ0) is 19.9. The van der Waals surface area contributed by atoms with Crippen molar-refractivity contribution in [2.24, 2.45) is 0 Å². The summed E-state index contributed by atoms with van der Waals surface area (Å²) in [5.74, 6) is 0.865. The number of anilines is 1. The van der Waals surface area contributed by atoms with Crippen LogP contribution in [0.2, 0.25) is 0 Å². The van der Waals surface area contributed by atoms with Crippen LogP contribution in [-0.2, 0) is 14.3 Å². The first-order valence-corrected chi connectivity index (χ1v) is 9.63. The van der Waals surface area contributed by atoms with Crippen LogP contribution in [0.1, 0.15) is 23.7 Å². The lowest BCUT2D eigenvalue weighted by atomic mass is 10.1. The summed E-state index contributed by atoms with van der Waals surface area (Å²) in [5.41, 5.74) is 0.638. The third kappa shape index (κ3) is 5.18. The van der Waals surface area contributed by atoms with Crippen LogP contribution in [0, 0.1) is 0 Å². The van der Waals surface area contributed by atoms with Gasteiger partial charge in [-0.1, -0.05) is 0 Å². The number of carbonyl (C=O) groups is 2. The monoisotopic (exact) mass is 392 g/mol. The standard InChI is InChI=1S/C18H26N4O3.CH2O2/c1-13-10-22-11-15(8-16(22)12-25-13)20-17-3-2-14(9-19-17)18(23)21-4-6-24-7-5-21;2-1-3/h2-3,9,13,15-16H,4-8,10-12H2,1H3,(H,19,20);1H,(H,2,3)/t13-,15+,16-;/m0./s1. The Kier molecular flexibility index (Phi) is 7.18. The molecular weight excluding hydrogens is 364 g/mol. The van der Waals surface area contributed by atoms with Crippen molar-refractivity contribution in [1.82, 2.24) is 14.8 Å². The molecule has 3 fully saturated rings. The van der Waals surface area contributed by atoms with E-state index in [1.165, 1.54) is 0 Å². The van der Waals surface area contributed by atoms with Crippen LogP contribution in [0.15, 0.2) is 18.3 Å². The van der Waals surface area contributed by atoms with E-state index in [0.717, 1.165) is 31.9 Å². The average molecular weight is 392 g/mol. The molecule has 0 bridgehead atoms. The Hall–Kier alpha value is -2.23. The summed E-state index contributed by atoms with van der Waals surface area (Å²) in [5, 5.41) is 10.4. The van der Waals surface area contributed by atoms with E-state index in [1.54, 1.807) is 6.20 Å². The first-order chi connectivity index (χ1) is 13.6.